The van der Waals surface area contributed by atoms with Crippen LogP contribution in [0, 0.1) is 29.6 Å². The molecule has 0 amide bonds. The highest BCUT2D eigenvalue weighted by Crippen LogP contribution is 2.60. The molecule has 0 aromatic carbocycles. The Morgan fingerprint density at radius 1 is 1.21 bits per heavy atom. The van der Waals surface area contributed by atoms with Crippen LogP contribution in [0.1, 0.15) is 25.7 Å². The van der Waals surface area contributed by atoms with Gasteiger partial charge in [-0.15, -0.1) is 0 Å². The van der Waals surface area contributed by atoms with Gasteiger partial charge >= 0.3 is 0 Å². The Labute approximate surface area is 85.0 Å². The molecule has 0 aliphatic heterocycles. The molecule has 0 spiro atoms. The maximum Gasteiger partial charge on any atom is 0.123 e. The van der Waals surface area contributed by atoms with E-state index < -0.39 is 0 Å². The van der Waals surface area contributed by atoms with Gasteiger partial charge in [-0.2, -0.15) is 0 Å². The molecule has 0 heterocycles. The van der Waals surface area contributed by atoms with Crippen molar-refractivity contribution in [3.8, 4) is 0 Å². The zero-order valence-corrected chi connectivity index (χ0v) is 8.69. The third-order valence-electron chi connectivity index (χ3n) is 4.98. The van der Waals surface area contributed by atoms with E-state index in [4.69, 9.17) is 4.74 Å². The third-order valence-corrected chi connectivity index (χ3v) is 4.98. The molecule has 6 atom stereocenters. The zero-order valence-electron chi connectivity index (χ0n) is 8.69. The van der Waals surface area contributed by atoms with E-state index in [-0.39, 0.29) is 0 Å². The Kier molecular flexibility index (Phi) is 1.94. The fourth-order valence-electron chi connectivity index (χ4n) is 4.55. The topological polar surface area (TPSA) is 26.3 Å². The number of hydrogen-bond donors (Lipinski definition) is 0. The van der Waals surface area contributed by atoms with Crippen LogP contribution in [-0.4, -0.2) is 19.5 Å². The van der Waals surface area contributed by atoms with E-state index in [0.717, 1.165) is 24.2 Å². The number of aldehydes is 1. The van der Waals surface area contributed by atoms with Gasteiger partial charge in [0.05, 0.1) is 6.10 Å². The lowest BCUT2D eigenvalue weighted by Crippen LogP contribution is -2.30. The first-order chi connectivity index (χ1) is 6.85. The molecule has 2 nitrogen and oxygen atoms in total. The molecule has 0 aromatic heterocycles. The quantitative estimate of drug-likeness (QED) is 0.627. The minimum Gasteiger partial charge on any atom is -0.381 e. The largest absolute Gasteiger partial charge is 0.381 e. The molecule has 0 aromatic rings. The summed E-state index contributed by atoms with van der Waals surface area (Å²) in [6, 6.07) is 0. The lowest BCUT2D eigenvalue weighted by atomic mass is 9.76. The number of ether oxygens (including phenoxy) is 1. The van der Waals surface area contributed by atoms with Crippen LogP contribution in [0.25, 0.3) is 0 Å². The van der Waals surface area contributed by atoms with Crippen molar-refractivity contribution in [1.82, 2.24) is 0 Å². The van der Waals surface area contributed by atoms with Gasteiger partial charge in [-0.3, -0.25) is 0 Å². The Morgan fingerprint density at radius 3 is 2.79 bits per heavy atom. The van der Waals surface area contributed by atoms with Crippen molar-refractivity contribution in [2.75, 3.05) is 7.11 Å². The summed E-state index contributed by atoms with van der Waals surface area (Å²) in [5, 5.41) is 0. The number of fused-ring (bicyclic) bond motifs is 5. The first-order valence-electron chi connectivity index (χ1n) is 5.83. The molecule has 0 radical (unpaired) electrons. The second-order valence-corrected chi connectivity index (χ2v) is 5.29. The predicted octanol–water partition coefficient (Wildman–Crippen LogP) is 1.88. The van der Waals surface area contributed by atoms with Crippen LogP contribution in [0.2, 0.25) is 0 Å². The van der Waals surface area contributed by atoms with Gasteiger partial charge in [-0.05, 0) is 49.4 Å². The molecule has 0 saturated heterocycles. The molecule has 14 heavy (non-hydrogen) atoms. The van der Waals surface area contributed by atoms with Gasteiger partial charge in [-0.25, -0.2) is 0 Å². The first-order valence-corrected chi connectivity index (χ1v) is 5.83. The normalized spacial score (nSPS) is 54.9. The minimum absolute atomic E-state index is 0.386. The van der Waals surface area contributed by atoms with Crippen molar-refractivity contribution >= 4 is 6.29 Å². The van der Waals surface area contributed by atoms with Crippen LogP contribution in [0.15, 0.2) is 0 Å². The molecule has 78 valence electrons. The lowest BCUT2D eigenvalue weighted by Gasteiger charge is -2.30. The number of methoxy groups -OCH3 is 1. The fourth-order valence-corrected chi connectivity index (χ4v) is 4.55. The zero-order chi connectivity index (χ0) is 9.71. The summed E-state index contributed by atoms with van der Waals surface area (Å²) in [5.74, 6) is 3.50. The summed E-state index contributed by atoms with van der Waals surface area (Å²) >= 11 is 0. The van der Waals surface area contributed by atoms with Crippen LogP contribution in [0.4, 0.5) is 0 Å². The molecule has 3 saturated carbocycles. The summed E-state index contributed by atoms with van der Waals surface area (Å²) in [4.78, 5) is 10.9. The van der Waals surface area contributed by atoms with Gasteiger partial charge in [0, 0.05) is 13.0 Å². The van der Waals surface area contributed by atoms with E-state index >= 15 is 0 Å². The number of rotatable bonds is 2. The molecule has 2 heteroatoms. The second-order valence-electron chi connectivity index (χ2n) is 5.29. The van der Waals surface area contributed by atoms with E-state index in [1.807, 2.05) is 7.11 Å². The molecule has 0 N–H and O–H groups in total. The van der Waals surface area contributed by atoms with Gasteiger partial charge in [0.1, 0.15) is 6.29 Å². The summed E-state index contributed by atoms with van der Waals surface area (Å²) in [7, 11) is 1.84. The average Bonchev–Trinajstić information content (AvgIpc) is 2.87. The molecule has 3 aliphatic rings. The molecular formula is C12H18O2. The summed E-state index contributed by atoms with van der Waals surface area (Å²) in [6.45, 7) is 0. The van der Waals surface area contributed by atoms with E-state index in [1.54, 1.807) is 0 Å². The van der Waals surface area contributed by atoms with Crippen molar-refractivity contribution in [2.45, 2.75) is 31.8 Å². The van der Waals surface area contributed by atoms with Crippen LogP contribution in [0.5, 0.6) is 0 Å². The van der Waals surface area contributed by atoms with Gasteiger partial charge in [0.2, 0.25) is 0 Å². The van der Waals surface area contributed by atoms with Crippen LogP contribution < -0.4 is 0 Å². The van der Waals surface area contributed by atoms with E-state index in [2.05, 4.69) is 0 Å². The smallest absolute Gasteiger partial charge is 0.123 e. The summed E-state index contributed by atoms with van der Waals surface area (Å²) in [5.41, 5.74) is 0. The number of carbonyl (C=O) groups excluding carboxylic acids is 1. The molecule has 2 bridgehead atoms. The SMILES string of the molecule is COC1CCC2C3CC(CC3C=O)C12. The van der Waals surface area contributed by atoms with Crippen LogP contribution >= 0.6 is 0 Å². The van der Waals surface area contributed by atoms with Crippen molar-refractivity contribution in [1.29, 1.82) is 0 Å². The summed E-state index contributed by atoms with van der Waals surface area (Å²) < 4.78 is 5.56. The van der Waals surface area contributed by atoms with Gasteiger partial charge < -0.3 is 9.53 Å². The Morgan fingerprint density at radius 2 is 2.07 bits per heavy atom. The third kappa shape index (κ3) is 0.979. The van der Waals surface area contributed by atoms with E-state index in [9.17, 15) is 4.79 Å². The van der Waals surface area contributed by atoms with E-state index in [0.29, 0.717) is 17.9 Å². The monoisotopic (exact) mass is 194 g/mol. The highest BCUT2D eigenvalue weighted by Gasteiger charge is 2.57. The van der Waals surface area contributed by atoms with E-state index in [1.165, 1.54) is 25.5 Å². The average molecular weight is 194 g/mol. The van der Waals surface area contributed by atoms with Crippen LogP contribution in [0.3, 0.4) is 0 Å². The maximum absolute atomic E-state index is 10.9. The molecule has 6 unspecified atom stereocenters. The molecule has 3 aliphatic carbocycles. The Hall–Kier alpha value is -0.370. The highest BCUT2D eigenvalue weighted by atomic mass is 16.5. The van der Waals surface area contributed by atoms with Crippen LogP contribution in [-0.2, 0) is 9.53 Å². The van der Waals surface area contributed by atoms with Crippen molar-refractivity contribution in [3.05, 3.63) is 0 Å². The maximum atomic E-state index is 10.9. The minimum atomic E-state index is 0.386. The van der Waals surface area contributed by atoms with Crippen molar-refractivity contribution in [3.63, 3.8) is 0 Å². The lowest BCUT2D eigenvalue weighted by molar-refractivity contribution is -0.113. The van der Waals surface area contributed by atoms with Gasteiger partial charge in [0.25, 0.3) is 0 Å². The number of carbonyl (C=O) groups is 1. The Balaban J connectivity index is 1.83. The summed E-state index contributed by atoms with van der Waals surface area (Å²) in [6.07, 6.45) is 6.69. The molecular weight excluding hydrogens is 176 g/mol. The fraction of sp³-hybridized carbons (Fsp3) is 0.917. The van der Waals surface area contributed by atoms with Crippen molar-refractivity contribution < 1.29 is 9.53 Å². The standard InChI is InChI=1S/C12H18O2/c1-14-11-3-2-9-10-5-7(12(9)11)4-8(10)6-13/h6-12H,2-5H2,1H3. The Bertz CT molecular complexity index is 251. The van der Waals surface area contributed by atoms with Gasteiger partial charge in [0.15, 0.2) is 0 Å². The van der Waals surface area contributed by atoms with Gasteiger partial charge in [-0.1, -0.05) is 0 Å². The predicted molar refractivity (Wildman–Crippen MR) is 52.8 cm³/mol. The molecule has 3 fully saturated rings. The first kappa shape index (κ1) is 8.90. The highest BCUT2D eigenvalue weighted by molar-refractivity contribution is 5.55. The number of hydrogen-bond acceptors (Lipinski definition) is 2. The van der Waals surface area contributed by atoms with Crippen molar-refractivity contribution in [2.24, 2.45) is 29.6 Å². The molecule has 3 rings (SSSR count). The second kappa shape index (κ2) is 3.06.